The second kappa shape index (κ2) is 5.76. The Hall–Kier alpha value is -0.660. The molecule has 0 bridgehead atoms. The monoisotopic (exact) mass is 330 g/mol. The average molecular weight is 330 g/mol. The Morgan fingerprint density at radius 2 is 1.86 bits per heavy atom. The molecular weight excluding hydrogens is 304 g/mol. The lowest BCUT2D eigenvalue weighted by Gasteiger charge is -2.33. The van der Waals surface area contributed by atoms with Gasteiger partial charge < -0.3 is 5.11 Å². The SMILES string of the molecule is CCS(=O)(=O)N1C[C@H]2CN(C3CCCCC3)C[C@@]2(C(=O)O)C1. The quantitative estimate of drug-likeness (QED) is 0.831. The summed E-state index contributed by atoms with van der Waals surface area (Å²) in [5.41, 5.74) is -0.903. The summed E-state index contributed by atoms with van der Waals surface area (Å²) in [6, 6.07) is 0.492. The number of rotatable bonds is 4. The van der Waals surface area contributed by atoms with Crippen molar-refractivity contribution in [2.45, 2.75) is 45.1 Å². The van der Waals surface area contributed by atoms with E-state index in [1.807, 2.05) is 0 Å². The molecule has 1 saturated carbocycles. The van der Waals surface area contributed by atoms with E-state index in [1.165, 1.54) is 23.6 Å². The standard InChI is InChI=1S/C15H26N2O4S/c1-2-22(20,21)17-9-12-8-16(13-6-4-3-5-7-13)10-15(12,11-17)14(18)19/h12-13H,2-11H2,1H3,(H,18,19)/t12-,15-/m1/s1. The number of fused-ring (bicyclic) bond motifs is 1. The molecule has 3 aliphatic rings. The maximum absolute atomic E-state index is 12.1. The van der Waals surface area contributed by atoms with Crippen molar-refractivity contribution in [2.75, 3.05) is 31.9 Å². The molecule has 1 N–H and O–H groups in total. The lowest BCUT2D eigenvalue weighted by atomic mass is 9.81. The van der Waals surface area contributed by atoms with Gasteiger partial charge in [-0.3, -0.25) is 9.69 Å². The minimum absolute atomic E-state index is 0.0434. The number of carboxylic acids is 1. The molecule has 0 unspecified atom stereocenters. The number of carboxylic acid groups (broad SMARTS) is 1. The number of hydrogen-bond donors (Lipinski definition) is 1. The lowest BCUT2D eigenvalue weighted by Crippen LogP contribution is -2.44. The van der Waals surface area contributed by atoms with Gasteiger partial charge >= 0.3 is 5.97 Å². The van der Waals surface area contributed by atoms with Crippen LogP contribution in [0.5, 0.6) is 0 Å². The van der Waals surface area contributed by atoms with Crippen LogP contribution in [0.25, 0.3) is 0 Å². The minimum Gasteiger partial charge on any atom is -0.481 e. The number of hydrogen-bond acceptors (Lipinski definition) is 4. The van der Waals surface area contributed by atoms with Crippen molar-refractivity contribution in [3.05, 3.63) is 0 Å². The van der Waals surface area contributed by atoms with E-state index < -0.39 is 21.4 Å². The number of aliphatic carboxylic acids is 1. The molecule has 0 aromatic rings. The van der Waals surface area contributed by atoms with E-state index in [9.17, 15) is 18.3 Å². The third kappa shape index (κ3) is 2.57. The van der Waals surface area contributed by atoms with E-state index in [-0.39, 0.29) is 18.2 Å². The highest BCUT2D eigenvalue weighted by Crippen LogP contribution is 2.45. The summed E-state index contributed by atoms with van der Waals surface area (Å²) in [6.07, 6.45) is 6.03. The van der Waals surface area contributed by atoms with Crippen LogP contribution in [0.15, 0.2) is 0 Å². The summed E-state index contributed by atoms with van der Waals surface area (Å²) in [7, 11) is -3.30. The highest BCUT2D eigenvalue weighted by molar-refractivity contribution is 7.89. The predicted octanol–water partition coefficient (Wildman–Crippen LogP) is 0.987. The average Bonchev–Trinajstić information content (AvgIpc) is 3.03. The van der Waals surface area contributed by atoms with Gasteiger partial charge in [-0.25, -0.2) is 12.7 Å². The molecule has 3 fully saturated rings. The Morgan fingerprint density at radius 1 is 1.18 bits per heavy atom. The maximum Gasteiger partial charge on any atom is 0.312 e. The third-order valence-corrected chi connectivity index (χ3v) is 7.67. The molecule has 0 aromatic heterocycles. The van der Waals surface area contributed by atoms with E-state index in [0.29, 0.717) is 19.1 Å². The molecule has 2 heterocycles. The topological polar surface area (TPSA) is 77.9 Å². The first-order valence-corrected chi connectivity index (χ1v) is 9.95. The summed E-state index contributed by atoms with van der Waals surface area (Å²) in [4.78, 5) is 14.3. The van der Waals surface area contributed by atoms with E-state index in [2.05, 4.69) is 4.90 Å². The Balaban J connectivity index is 1.78. The molecule has 22 heavy (non-hydrogen) atoms. The molecule has 6 nitrogen and oxygen atoms in total. The first-order chi connectivity index (χ1) is 10.4. The van der Waals surface area contributed by atoms with Crippen LogP contribution >= 0.6 is 0 Å². The van der Waals surface area contributed by atoms with Gasteiger partial charge in [-0.2, -0.15) is 0 Å². The molecule has 3 rings (SSSR count). The van der Waals surface area contributed by atoms with Crippen molar-refractivity contribution in [1.29, 1.82) is 0 Å². The molecule has 2 saturated heterocycles. The van der Waals surface area contributed by atoms with E-state index in [4.69, 9.17) is 0 Å². The van der Waals surface area contributed by atoms with E-state index in [0.717, 1.165) is 19.4 Å². The molecule has 0 radical (unpaired) electrons. The van der Waals surface area contributed by atoms with Crippen LogP contribution in [0, 0.1) is 11.3 Å². The zero-order valence-corrected chi connectivity index (χ0v) is 14.0. The summed E-state index contributed by atoms with van der Waals surface area (Å²) < 4.78 is 25.6. The lowest BCUT2D eigenvalue weighted by molar-refractivity contribution is -0.148. The van der Waals surface area contributed by atoms with Crippen LogP contribution in [-0.4, -0.2) is 66.7 Å². The van der Waals surface area contributed by atoms with Crippen LogP contribution in [0.4, 0.5) is 0 Å². The van der Waals surface area contributed by atoms with Gasteiger partial charge in [0.2, 0.25) is 10.0 Å². The normalized spacial score (nSPS) is 34.9. The molecule has 0 spiro atoms. The van der Waals surface area contributed by atoms with Crippen LogP contribution < -0.4 is 0 Å². The van der Waals surface area contributed by atoms with Gasteiger partial charge in [0.25, 0.3) is 0 Å². The second-order valence-corrected chi connectivity index (χ2v) is 9.33. The summed E-state index contributed by atoms with van der Waals surface area (Å²) in [5, 5.41) is 9.80. The highest BCUT2D eigenvalue weighted by Gasteiger charge is 2.60. The molecule has 126 valence electrons. The van der Waals surface area contributed by atoms with E-state index in [1.54, 1.807) is 6.92 Å². The van der Waals surface area contributed by atoms with Crippen LogP contribution in [0.2, 0.25) is 0 Å². The smallest absolute Gasteiger partial charge is 0.312 e. The Kier molecular flexibility index (Phi) is 4.24. The van der Waals surface area contributed by atoms with Gasteiger partial charge in [-0.1, -0.05) is 19.3 Å². The fourth-order valence-corrected chi connectivity index (χ4v) is 5.68. The van der Waals surface area contributed by atoms with Crippen LogP contribution in [0.1, 0.15) is 39.0 Å². The van der Waals surface area contributed by atoms with E-state index >= 15 is 0 Å². The Bertz CT molecular complexity index is 544. The van der Waals surface area contributed by atoms with Gasteiger partial charge in [0.1, 0.15) is 0 Å². The van der Waals surface area contributed by atoms with Crippen molar-refractivity contribution < 1.29 is 18.3 Å². The largest absolute Gasteiger partial charge is 0.481 e. The van der Waals surface area contributed by atoms with Gasteiger partial charge in [-0.15, -0.1) is 0 Å². The molecule has 1 aliphatic carbocycles. The summed E-state index contributed by atoms with van der Waals surface area (Å²) >= 11 is 0. The summed E-state index contributed by atoms with van der Waals surface area (Å²) in [5.74, 6) is -0.861. The van der Waals surface area contributed by atoms with Gasteiger partial charge in [0.15, 0.2) is 0 Å². The first-order valence-electron chi connectivity index (χ1n) is 8.34. The van der Waals surface area contributed by atoms with Crippen molar-refractivity contribution in [1.82, 2.24) is 9.21 Å². The molecular formula is C15H26N2O4S. The molecule has 2 aliphatic heterocycles. The Morgan fingerprint density at radius 3 is 2.41 bits per heavy atom. The van der Waals surface area contributed by atoms with Gasteiger partial charge in [0.05, 0.1) is 11.2 Å². The fourth-order valence-electron chi connectivity index (χ4n) is 4.48. The molecule has 0 amide bonds. The third-order valence-electron chi connectivity index (χ3n) is 5.88. The van der Waals surface area contributed by atoms with Crippen molar-refractivity contribution in [2.24, 2.45) is 11.3 Å². The molecule has 0 aromatic carbocycles. The Labute approximate surface area is 132 Å². The van der Waals surface area contributed by atoms with Crippen LogP contribution in [-0.2, 0) is 14.8 Å². The zero-order chi connectivity index (χ0) is 16.0. The van der Waals surface area contributed by atoms with Crippen LogP contribution in [0.3, 0.4) is 0 Å². The number of likely N-dealkylation sites (tertiary alicyclic amines) is 1. The van der Waals surface area contributed by atoms with Crippen molar-refractivity contribution in [3.8, 4) is 0 Å². The number of sulfonamides is 1. The van der Waals surface area contributed by atoms with Gasteiger partial charge in [0, 0.05) is 38.1 Å². The molecule has 7 heteroatoms. The minimum atomic E-state index is -3.30. The van der Waals surface area contributed by atoms with Crippen molar-refractivity contribution in [3.63, 3.8) is 0 Å². The molecule has 2 atom stereocenters. The van der Waals surface area contributed by atoms with Crippen molar-refractivity contribution >= 4 is 16.0 Å². The number of nitrogens with zero attached hydrogens (tertiary/aromatic N) is 2. The van der Waals surface area contributed by atoms with Gasteiger partial charge in [-0.05, 0) is 19.8 Å². The first kappa shape index (κ1) is 16.2. The second-order valence-electron chi connectivity index (χ2n) is 7.07. The zero-order valence-electron chi connectivity index (χ0n) is 13.2. The highest BCUT2D eigenvalue weighted by atomic mass is 32.2. The number of carbonyl (C=O) groups is 1. The maximum atomic E-state index is 12.1. The fraction of sp³-hybridized carbons (Fsp3) is 0.933. The summed E-state index contributed by atoms with van der Waals surface area (Å²) in [6.45, 7) is 3.36. The predicted molar refractivity (Wildman–Crippen MR) is 83.0 cm³/mol.